The summed E-state index contributed by atoms with van der Waals surface area (Å²) in [6.07, 6.45) is 1.89. The molecule has 0 aromatic heterocycles. The first-order chi connectivity index (χ1) is 10.1. The van der Waals surface area contributed by atoms with Crippen molar-refractivity contribution in [2.45, 2.75) is 19.4 Å². The maximum Gasteiger partial charge on any atom is 0.238 e. The number of rotatable bonds is 4. The van der Waals surface area contributed by atoms with Crippen LogP contribution in [0.25, 0.3) is 0 Å². The maximum absolute atomic E-state index is 12.2. The van der Waals surface area contributed by atoms with Crippen LogP contribution in [0.5, 0.6) is 5.75 Å². The van der Waals surface area contributed by atoms with Gasteiger partial charge in [-0.15, -0.1) is 0 Å². The van der Waals surface area contributed by atoms with Gasteiger partial charge in [-0.2, -0.15) is 5.10 Å². The number of ketones is 1. The van der Waals surface area contributed by atoms with Gasteiger partial charge in [0.2, 0.25) is 5.91 Å². The average molecular weight is 285 g/mol. The number of Topliss-reactive ketones (excluding diaryl/α,β-unsaturated/α-hetero) is 1. The summed E-state index contributed by atoms with van der Waals surface area (Å²) in [6.45, 7) is 1.68. The Morgan fingerprint density at radius 3 is 2.86 bits per heavy atom. The molecule has 0 saturated carbocycles. The molecular weight excluding hydrogens is 270 g/mol. The largest absolute Gasteiger partial charge is 0.464 e. The molecule has 0 spiro atoms. The van der Waals surface area contributed by atoms with E-state index >= 15 is 0 Å². The Kier molecular flexibility index (Phi) is 3.21. The van der Waals surface area contributed by atoms with E-state index in [0.29, 0.717) is 23.5 Å². The highest BCUT2D eigenvalue weighted by atomic mass is 16.5. The molecule has 21 heavy (non-hydrogen) atoms. The van der Waals surface area contributed by atoms with Gasteiger partial charge in [-0.25, -0.2) is 0 Å². The Hall–Kier alpha value is -2.63. The predicted octanol–water partition coefficient (Wildman–Crippen LogP) is 0.816. The SMILES string of the molecule is CCC(=O)C1C2=COc3ccccc3C2=NN1CC(N)=O. The molecule has 1 aromatic rings. The van der Waals surface area contributed by atoms with Crippen molar-refractivity contribution in [2.24, 2.45) is 10.8 Å². The van der Waals surface area contributed by atoms with Gasteiger partial charge in [0, 0.05) is 17.6 Å². The molecule has 0 fully saturated rings. The van der Waals surface area contributed by atoms with Crippen LogP contribution in [-0.4, -0.2) is 35.0 Å². The summed E-state index contributed by atoms with van der Waals surface area (Å²) in [4.78, 5) is 23.4. The van der Waals surface area contributed by atoms with Gasteiger partial charge < -0.3 is 10.5 Å². The Morgan fingerprint density at radius 1 is 1.38 bits per heavy atom. The summed E-state index contributed by atoms with van der Waals surface area (Å²) >= 11 is 0. The highest BCUT2D eigenvalue weighted by Crippen LogP contribution is 2.34. The number of ether oxygens (including phenoxy) is 1. The number of fused-ring (bicyclic) bond motifs is 3. The van der Waals surface area contributed by atoms with E-state index in [9.17, 15) is 9.59 Å². The van der Waals surface area contributed by atoms with Crippen LogP contribution in [0.3, 0.4) is 0 Å². The summed E-state index contributed by atoms with van der Waals surface area (Å²) in [6, 6.07) is 6.84. The van der Waals surface area contributed by atoms with Gasteiger partial charge in [0.25, 0.3) is 0 Å². The number of carbonyl (C=O) groups is 2. The lowest BCUT2D eigenvalue weighted by Gasteiger charge is -2.22. The molecule has 0 saturated heterocycles. The summed E-state index contributed by atoms with van der Waals surface area (Å²) < 4.78 is 5.58. The molecule has 1 amide bonds. The van der Waals surface area contributed by atoms with Crippen molar-refractivity contribution in [3.05, 3.63) is 41.7 Å². The van der Waals surface area contributed by atoms with Gasteiger partial charge in [-0.1, -0.05) is 19.1 Å². The van der Waals surface area contributed by atoms with Crippen molar-refractivity contribution in [2.75, 3.05) is 6.54 Å². The van der Waals surface area contributed by atoms with E-state index in [-0.39, 0.29) is 12.3 Å². The minimum Gasteiger partial charge on any atom is -0.464 e. The molecule has 1 atom stereocenters. The van der Waals surface area contributed by atoms with Crippen LogP contribution in [0.15, 0.2) is 41.2 Å². The van der Waals surface area contributed by atoms with E-state index in [1.54, 1.807) is 13.2 Å². The minimum atomic E-state index is -0.606. The van der Waals surface area contributed by atoms with E-state index in [4.69, 9.17) is 10.5 Å². The lowest BCUT2D eigenvalue weighted by Crippen LogP contribution is -2.40. The quantitative estimate of drug-likeness (QED) is 0.887. The Morgan fingerprint density at radius 2 is 2.14 bits per heavy atom. The van der Waals surface area contributed by atoms with Gasteiger partial charge in [-0.05, 0) is 12.1 Å². The van der Waals surface area contributed by atoms with Crippen LogP contribution in [-0.2, 0) is 9.59 Å². The topological polar surface area (TPSA) is 85.0 Å². The van der Waals surface area contributed by atoms with E-state index in [2.05, 4.69) is 5.10 Å². The minimum absolute atomic E-state index is 0.0239. The molecule has 6 heteroatoms. The Bertz CT molecular complexity index is 678. The molecule has 2 aliphatic heterocycles. The molecule has 1 aromatic carbocycles. The first-order valence-corrected chi connectivity index (χ1v) is 6.74. The molecule has 6 nitrogen and oxygen atoms in total. The number of nitrogens with zero attached hydrogens (tertiary/aromatic N) is 2. The fourth-order valence-corrected chi connectivity index (χ4v) is 2.57. The van der Waals surface area contributed by atoms with E-state index in [1.807, 2.05) is 24.3 Å². The van der Waals surface area contributed by atoms with Crippen LogP contribution >= 0.6 is 0 Å². The average Bonchev–Trinajstić information content (AvgIpc) is 2.84. The summed E-state index contributed by atoms with van der Waals surface area (Å²) in [5.41, 5.74) is 7.42. The maximum atomic E-state index is 12.2. The van der Waals surface area contributed by atoms with Crippen LogP contribution in [0.2, 0.25) is 0 Å². The normalized spacial score (nSPS) is 19.1. The lowest BCUT2D eigenvalue weighted by atomic mass is 9.93. The molecule has 3 rings (SSSR count). The van der Waals surface area contributed by atoms with Crippen molar-refractivity contribution in [3.8, 4) is 5.75 Å². The number of carbonyl (C=O) groups excluding carboxylic acids is 2. The highest BCUT2D eigenvalue weighted by molar-refractivity contribution is 6.19. The monoisotopic (exact) mass is 285 g/mol. The first-order valence-electron chi connectivity index (χ1n) is 6.74. The molecular formula is C15H15N3O3. The van der Waals surface area contributed by atoms with Gasteiger partial charge in [0.05, 0.1) is 6.26 Å². The van der Waals surface area contributed by atoms with Gasteiger partial charge in [0.1, 0.15) is 24.0 Å². The summed E-state index contributed by atoms with van der Waals surface area (Å²) in [5, 5.41) is 5.87. The molecule has 2 aliphatic rings. The molecule has 0 bridgehead atoms. The van der Waals surface area contributed by atoms with Crippen molar-refractivity contribution in [3.63, 3.8) is 0 Å². The zero-order chi connectivity index (χ0) is 15.0. The number of primary amides is 1. The second kappa shape index (κ2) is 5.05. The second-order valence-electron chi connectivity index (χ2n) is 4.92. The molecule has 2 N–H and O–H groups in total. The molecule has 1 unspecified atom stereocenters. The van der Waals surface area contributed by atoms with Crippen molar-refractivity contribution >= 4 is 17.4 Å². The van der Waals surface area contributed by atoms with Crippen LogP contribution in [0, 0.1) is 0 Å². The second-order valence-corrected chi connectivity index (χ2v) is 4.92. The zero-order valence-corrected chi connectivity index (χ0v) is 11.6. The van der Waals surface area contributed by atoms with Gasteiger partial charge in [-0.3, -0.25) is 14.6 Å². The zero-order valence-electron chi connectivity index (χ0n) is 11.6. The van der Waals surface area contributed by atoms with Crippen molar-refractivity contribution < 1.29 is 14.3 Å². The van der Waals surface area contributed by atoms with Crippen LogP contribution in [0.1, 0.15) is 18.9 Å². The third kappa shape index (κ3) is 2.18. The van der Waals surface area contributed by atoms with Crippen molar-refractivity contribution in [1.82, 2.24) is 5.01 Å². The van der Waals surface area contributed by atoms with Gasteiger partial charge >= 0.3 is 0 Å². The van der Waals surface area contributed by atoms with E-state index in [1.165, 1.54) is 5.01 Å². The first kappa shape index (κ1) is 13.4. The Labute approximate surface area is 121 Å². The third-order valence-corrected chi connectivity index (χ3v) is 3.52. The number of para-hydroxylation sites is 1. The van der Waals surface area contributed by atoms with E-state index < -0.39 is 11.9 Å². The molecule has 2 heterocycles. The van der Waals surface area contributed by atoms with Crippen LogP contribution < -0.4 is 10.5 Å². The predicted molar refractivity (Wildman–Crippen MR) is 76.7 cm³/mol. The third-order valence-electron chi connectivity index (χ3n) is 3.52. The summed E-state index contributed by atoms with van der Waals surface area (Å²) in [5.74, 6) is 0.134. The lowest BCUT2D eigenvalue weighted by molar-refractivity contribution is -0.124. The Balaban J connectivity index is 2.05. The number of amides is 1. The van der Waals surface area contributed by atoms with Crippen LogP contribution in [0.4, 0.5) is 0 Å². The number of nitrogens with two attached hydrogens (primary N) is 1. The fourth-order valence-electron chi connectivity index (χ4n) is 2.57. The van der Waals surface area contributed by atoms with Crippen molar-refractivity contribution in [1.29, 1.82) is 0 Å². The number of hydrogen-bond acceptors (Lipinski definition) is 5. The number of hydrazone groups is 1. The fraction of sp³-hybridized carbons (Fsp3) is 0.267. The summed E-state index contributed by atoms with van der Waals surface area (Å²) in [7, 11) is 0. The van der Waals surface area contributed by atoms with Gasteiger partial charge in [0.15, 0.2) is 5.78 Å². The number of benzene rings is 1. The molecule has 0 aliphatic carbocycles. The molecule has 108 valence electrons. The smallest absolute Gasteiger partial charge is 0.238 e. The van der Waals surface area contributed by atoms with E-state index in [0.717, 1.165) is 5.56 Å². The standard InChI is InChI=1S/C15H15N3O3/c1-2-11(19)15-10-8-21-12-6-4-3-5-9(12)14(10)17-18(15)7-13(16)20/h3-6,8,15H,2,7H2,1H3,(H2,16,20). The number of hydrogen-bond donors (Lipinski definition) is 1. The highest BCUT2D eigenvalue weighted by Gasteiger charge is 2.40. The molecule has 0 radical (unpaired) electrons.